The first kappa shape index (κ1) is 15.6. The number of hydrogen-bond donors (Lipinski definition) is 1. The van der Waals surface area contributed by atoms with Crippen molar-refractivity contribution in [2.45, 2.75) is 52.6 Å². The minimum atomic E-state index is 0.173. The van der Waals surface area contributed by atoms with Gasteiger partial charge < -0.3 is 5.32 Å². The van der Waals surface area contributed by atoms with E-state index in [1.807, 2.05) is 17.7 Å². The molecule has 0 spiro atoms. The fourth-order valence-corrected chi connectivity index (χ4v) is 2.39. The fourth-order valence-electron chi connectivity index (χ4n) is 2.39. The van der Waals surface area contributed by atoms with E-state index in [2.05, 4.69) is 53.3 Å². The minimum absolute atomic E-state index is 0.173. The summed E-state index contributed by atoms with van der Waals surface area (Å²) in [6.07, 6.45) is 3.53. The van der Waals surface area contributed by atoms with Crippen LogP contribution in [-0.4, -0.2) is 26.3 Å². The molecule has 0 fully saturated rings. The number of aromatic nitrogens is 4. The first-order valence-electron chi connectivity index (χ1n) is 7.67. The van der Waals surface area contributed by atoms with Gasteiger partial charge in [0, 0.05) is 18.2 Å². The Morgan fingerprint density at radius 3 is 2.76 bits per heavy atom. The molecule has 1 atom stereocenters. The SMILES string of the molecule is CCCNC(Cc1ncnn1C(C)C)c1cccc(C)n1. The van der Waals surface area contributed by atoms with Gasteiger partial charge in [-0.2, -0.15) is 5.10 Å². The normalized spacial score (nSPS) is 12.8. The van der Waals surface area contributed by atoms with Crippen molar-refractivity contribution in [2.24, 2.45) is 0 Å². The van der Waals surface area contributed by atoms with Crippen LogP contribution in [0.3, 0.4) is 0 Å². The molecule has 0 saturated heterocycles. The maximum atomic E-state index is 4.66. The molecule has 5 nitrogen and oxygen atoms in total. The van der Waals surface area contributed by atoms with Crippen LogP contribution in [0.2, 0.25) is 0 Å². The third kappa shape index (κ3) is 4.11. The summed E-state index contributed by atoms with van der Waals surface area (Å²) in [4.78, 5) is 9.08. The van der Waals surface area contributed by atoms with Gasteiger partial charge in [-0.3, -0.25) is 4.98 Å². The second-order valence-corrected chi connectivity index (χ2v) is 5.63. The number of nitrogens with one attached hydrogen (secondary N) is 1. The second-order valence-electron chi connectivity index (χ2n) is 5.63. The third-order valence-electron chi connectivity index (χ3n) is 3.43. The molecule has 0 aromatic carbocycles. The van der Waals surface area contributed by atoms with Gasteiger partial charge in [-0.1, -0.05) is 13.0 Å². The molecule has 0 amide bonds. The Bertz CT molecular complexity index is 561. The van der Waals surface area contributed by atoms with Gasteiger partial charge in [0.2, 0.25) is 0 Å². The molecule has 2 heterocycles. The first-order valence-corrected chi connectivity index (χ1v) is 7.67. The van der Waals surface area contributed by atoms with E-state index >= 15 is 0 Å². The number of aryl methyl sites for hydroxylation is 1. The molecular formula is C16H25N5. The number of pyridine rings is 1. The van der Waals surface area contributed by atoms with Gasteiger partial charge in [0.05, 0.1) is 11.7 Å². The predicted molar refractivity (Wildman–Crippen MR) is 84.1 cm³/mol. The molecule has 1 unspecified atom stereocenters. The number of nitrogens with zero attached hydrogens (tertiary/aromatic N) is 4. The van der Waals surface area contributed by atoms with Gasteiger partial charge in [-0.25, -0.2) is 9.67 Å². The van der Waals surface area contributed by atoms with Gasteiger partial charge in [0.1, 0.15) is 12.2 Å². The zero-order chi connectivity index (χ0) is 15.2. The molecule has 0 aliphatic rings. The number of hydrogen-bond acceptors (Lipinski definition) is 4. The lowest BCUT2D eigenvalue weighted by atomic mass is 10.1. The Balaban J connectivity index is 2.22. The molecule has 1 N–H and O–H groups in total. The van der Waals surface area contributed by atoms with Crippen LogP contribution in [0, 0.1) is 6.92 Å². The summed E-state index contributed by atoms with van der Waals surface area (Å²) in [6, 6.07) is 6.66. The molecule has 114 valence electrons. The minimum Gasteiger partial charge on any atom is -0.308 e. The van der Waals surface area contributed by atoms with Crippen LogP contribution in [0.15, 0.2) is 24.5 Å². The highest BCUT2D eigenvalue weighted by molar-refractivity contribution is 5.15. The summed E-state index contributed by atoms with van der Waals surface area (Å²) in [7, 11) is 0. The highest BCUT2D eigenvalue weighted by Crippen LogP contribution is 2.17. The summed E-state index contributed by atoms with van der Waals surface area (Å²) in [5, 5.41) is 7.89. The first-order chi connectivity index (χ1) is 10.1. The molecule has 0 aliphatic carbocycles. The average Bonchev–Trinajstić information content (AvgIpc) is 2.91. The highest BCUT2D eigenvalue weighted by Gasteiger charge is 2.17. The van der Waals surface area contributed by atoms with Crippen LogP contribution in [0.4, 0.5) is 0 Å². The van der Waals surface area contributed by atoms with E-state index in [4.69, 9.17) is 0 Å². The van der Waals surface area contributed by atoms with Crippen molar-refractivity contribution in [1.29, 1.82) is 0 Å². The van der Waals surface area contributed by atoms with Gasteiger partial charge in [0.25, 0.3) is 0 Å². The molecule has 0 radical (unpaired) electrons. The molecule has 5 heteroatoms. The monoisotopic (exact) mass is 287 g/mol. The van der Waals surface area contributed by atoms with E-state index < -0.39 is 0 Å². The van der Waals surface area contributed by atoms with Crippen molar-refractivity contribution in [3.8, 4) is 0 Å². The standard InChI is InChI=1S/C16H25N5/c1-5-9-17-15(14-8-6-7-13(4)20-14)10-16-18-11-19-21(16)12(2)3/h6-8,11-12,15,17H,5,9-10H2,1-4H3. The molecule has 0 saturated carbocycles. The smallest absolute Gasteiger partial charge is 0.138 e. The van der Waals surface area contributed by atoms with Gasteiger partial charge in [-0.05, 0) is 45.9 Å². The van der Waals surface area contributed by atoms with Crippen molar-refractivity contribution >= 4 is 0 Å². The van der Waals surface area contributed by atoms with Crippen molar-refractivity contribution < 1.29 is 0 Å². The van der Waals surface area contributed by atoms with Gasteiger partial charge in [-0.15, -0.1) is 0 Å². The lowest BCUT2D eigenvalue weighted by molar-refractivity contribution is 0.458. The topological polar surface area (TPSA) is 55.6 Å². The largest absolute Gasteiger partial charge is 0.308 e. The lowest BCUT2D eigenvalue weighted by Crippen LogP contribution is -2.26. The molecule has 21 heavy (non-hydrogen) atoms. The fraction of sp³-hybridized carbons (Fsp3) is 0.562. The third-order valence-corrected chi connectivity index (χ3v) is 3.43. The van der Waals surface area contributed by atoms with Crippen LogP contribution in [0.1, 0.15) is 56.5 Å². The zero-order valence-corrected chi connectivity index (χ0v) is 13.4. The predicted octanol–water partition coefficient (Wildman–Crippen LogP) is 2.85. The average molecular weight is 287 g/mol. The number of rotatable bonds is 7. The Hall–Kier alpha value is -1.75. The Labute approximate surface area is 126 Å². The van der Waals surface area contributed by atoms with E-state index in [1.54, 1.807) is 6.33 Å². The summed E-state index contributed by atoms with van der Waals surface area (Å²) >= 11 is 0. The zero-order valence-electron chi connectivity index (χ0n) is 13.4. The highest BCUT2D eigenvalue weighted by atomic mass is 15.3. The molecular weight excluding hydrogens is 262 g/mol. The maximum absolute atomic E-state index is 4.66. The van der Waals surface area contributed by atoms with E-state index in [1.165, 1.54) is 0 Å². The van der Waals surface area contributed by atoms with Crippen molar-refractivity contribution in [3.05, 3.63) is 41.7 Å². The summed E-state index contributed by atoms with van der Waals surface area (Å²) in [5.74, 6) is 1.00. The van der Waals surface area contributed by atoms with Crippen molar-refractivity contribution in [2.75, 3.05) is 6.54 Å². The van der Waals surface area contributed by atoms with Crippen molar-refractivity contribution in [3.63, 3.8) is 0 Å². The maximum Gasteiger partial charge on any atom is 0.138 e. The van der Waals surface area contributed by atoms with Crippen molar-refractivity contribution in [1.82, 2.24) is 25.1 Å². The van der Waals surface area contributed by atoms with Crippen LogP contribution in [-0.2, 0) is 6.42 Å². The molecule has 0 aliphatic heterocycles. The quantitative estimate of drug-likeness (QED) is 0.851. The van der Waals surface area contributed by atoms with Crippen LogP contribution in [0.5, 0.6) is 0 Å². The summed E-state index contributed by atoms with van der Waals surface area (Å²) < 4.78 is 1.98. The Morgan fingerprint density at radius 1 is 1.29 bits per heavy atom. The van der Waals surface area contributed by atoms with Crippen LogP contribution < -0.4 is 5.32 Å². The lowest BCUT2D eigenvalue weighted by Gasteiger charge is -2.19. The molecule has 2 aromatic rings. The summed E-state index contributed by atoms with van der Waals surface area (Å²) in [6.45, 7) is 9.41. The Morgan fingerprint density at radius 2 is 2.10 bits per heavy atom. The van der Waals surface area contributed by atoms with Gasteiger partial charge >= 0.3 is 0 Å². The van der Waals surface area contributed by atoms with E-state index in [9.17, 15) is 0 Å². The molecule has 2 rings (SSSR count). The van der Waals surface area contributed by atoms with Gasteiger partial charge in [0.15, 0.2) is 0 Å². The van der Waals surface area contributed by atoms with E-state index in [-0.39, 0.29) is 6.04 Å². The second kappa shape index (κ2) is 7.31. The van der Waals surface area contributed by atoms with Crippen LogP contribution >= 0.6 is 0 Å². The Kier molecular flexibility index (Phi) is 5.44. The van der Waals surface area contributed by atoms with Crippen LogP contribution in [0.25, 0.3) is 0 Å². The van der Waals surface area contributed by atoms with E-state index in [0.29, 0.717) is 6.04 Å². The molecule has 2 aromatic heterocycles. The molecule has 0 bridgehead atoms. The summed E-state index contributed by atoms with van der Waals surface area (Å²) in [5.41, 5.74) is 2.11. The van der Waals surface area contributed by atoms with E-state index in [0.717, 1.165) is 36.6 Å².